The molecule has 1 amide bonds. The summed E-state index contributed by atoms with van der Waals surface area (Å²) in [5.41, 5.74) is 4.07. The maximum Gasteiger partial charge on any atom is 0.277 e. The summed E-state index contributed by atoms with van der Waals surface area (Å²) in [6.45, 7) is 0.341. The third-order valence-electron chi connectivity index (χ3n) is 4.62. The Bertz CT molecular complexity index is 1370. The molecule has 0 aliphatic heterocycles. The average molecular weight is 561 g/mol. The quantitative estimate of drug-likeness (QED) is 0.138. The molecule has 37 heavy (non-hydrogen) atoms. The fraction of sp³-hybridized carbons (Fsp3) is 0.120. The minimum Gasteiger partial charge on any atom is -0.489 e. The van der Waals surface area contributed by atoms with Crippen molar-refractivity contribution in [3.8, 4) is 11.5 Å². The molecule has 0 aliphatic carbocycles. The van der Waals surface area contributed by atoms with Crippen LogP contribution in [0.5, 0.6) is 11.5 Å². The Morgan fingerprint density at radius 2 is 1.81 bits per heavy atom. The number of amides is 1. The van der Waals surface area contributed by atoms with Gasteiger partial charge in [-0.3, -0.25) is 4.79 Å². The topological polar surface area (TPSA) is 98.8 Å². The van der Waals surface area contributed by atoms with Crippen molar-refractivity contribution in [1.29, 1.82) is 0 Å². The van der Waals surface area contributed by atoms with E-state index in [9.17, 15) is 9.18 Å². The molecule has 3 aromatic carbocycles. The lowest BCUT2D eigenvalue weighted by molar-refractivity contribution is -0.118. The second-order valence-corrected chi connectivity index (χ2v) is 9.16. The summed E-state index contributed by atoms with van der Waals surface area (Å²) >= 11 is 13.0. The molecule has 0 atom stereocenters. The molecule has 8 nitrogen and oxygen atoms in total. The molecular formula is C25H19Cl2FN4O4S. The molecule has 0 saturated carbocycles. The van der Waals surface area contributed by atoms with E-state index in [1.807, 2.05) is 0 Å². The number of rotatable bonds is 11. The van der Waals surface area contributed by atoms with Gasteiger partial charge in [-0.05, 0) is 65.7 Å². The molecule has 0 radical (unpaired) electrons. The highest BCUT2D eigenvalue weighted by molar-refractivity contribution is 7.99. The van der Waals surface area contributed by atoms with E-state index >= 15 is 0 Å². The molecule has 0 spiro atoms. The summed E-state index contributed by atoms with van der Waals surface area (Å²) in [7, 11) is 0. The summed E-state index contributed by atoms with van der Waals surface area (Å²) in [6.07, 6.45) is 1.51. The van der Waals surface area contributed by atoms with Gasteiger partial charge < -0.3 is 13.9 Å². The average Bonchev–Trinajstić information content (AvgIpc) is 3.35. The fourth-order valence-corrected chi connectivity index (χ4v) is 3.86. The zero-order valence-electron chi connectivity index (χ0n) is 19.1. The molecule has 0 fully saturated rings. The highest BCUT2D eigenvalue weighted by Gasteiger charge is 2.11. The van der Waals surface area contributed by atoms with E-state index < -0.39 is 0 Å². The Morgan fingerprint density at radius 3 is 2.57 bits per heavy atom. The second-order valence-electron chi connectivity index (χ2n) is 7.39. The summed E-state index contributed by atoms with van der Waals surface area (Å²) in [5.74, 6) is 0.718. The molecular weight excluding hydrogens is 542 g/mol. The largest absolute Gasteiger partial charge is 0.489 e. The van der Waals surface area contributed by atoms with Crippen LogP contribution in [0.3, 0.4) is 0 Å². The van der Waals surface area contributed by atoms with Crippen molar-refractivity contribution in [3.05, 3.63) is 99.6 Å². The monoisotopic (exact) mass is 560 g/mol. The number of nitrogens with one attached hydrogen (secondary N) is 1. The van der Waals surface area contributed by atoms with Crippen molar-refractivity contribution in [2.45, 2.75) is 18.4 Å². The molecule has 12 heteroatoms. The van der Waals surface area contributed by atoms with Gasteiger partial charge in [0.25, 0.3) is 17.0 Å². The van der Waals surface area contributed by atoms with Crippen LogP contribution in [-0.4, -0.2) is 28.1 Å². The van der Waals surface area contributed by atoms with E-state index in [4.69, 9.17) is 37.1 Å². The van der Waals surface area contributed by atoms with Crippen molar-refractivity contribution >= 4 is 47.1 Å². The smallest absolute Gasteiger partial charge is 0.277 e. The summed E-state index contributed by atoms with van der Waals surface area (Å²) in [6, 6.07) is 18.1. The molecule has 1 heterocycles. The van der Waals surface area contributed by atoms with Crippen LogP contribution in [0.2, 0.25) is 10.0 Å². The lowest BCUT2D eigenvalue weighted by atomic mass is 10.2. The summed E-state index contributed by atoms with van der Waals surface area (Å²) in [5, 5.41) is 12.8. The third kappa shape index (κ3) is 8.49. The Balaban J connectivity index is 1.16. The van der Waals surface area contributed by atoms with Gasteiger partial charge in [0, 0.05) is 5.02 Å². The van der Waals surface area contributed by atoms with Gasteiger partial charge in [0.15, 0.2) is 6.61 Å². The van der Waals surface area contributed by atoms with Crippen LogP contribution in [0, 0.1) is 5.82 Å². The van der Waals surface area contributed by atoms with Crippen LogP contribution in [0.15, 0.2) is 81.5 Å². The van der Waals surface area contributed by atoms with Crippen molar-refractivity contribution < 1.29 is 23.1 Å². The number of aromatic nitrogens is 2. The van der Waals surface area contributed by atoms with Crippen LogP contribution in [0.1, 0.15) is 17.0 Å². The van der Waals surface area contributed by atoms with E-state index in [1.54, 1.807) is 54.6 Å². The number of hydrazone groups is 1. The first-order valence-electron chi connectivity index (χ1n) is 10.8. The Hall–Kier alpha value is -3.60. The minimum atomic E-state index is -0.343. The number of ether oxygens (including phenoxy) is 2. The van der Waals surface area contributed by atoms with Gasteiger partial charge in [0.05, 0.1) is 17.0 Å². The Labute approximate surface area is 225 Å². The highest BCUT2D eigenvalue weighted by Crippen LogP contribution is 2.28. The maximum absolute atomic E-state index is 13.0. The van der Waals surface area contributed by atoms with Gasteiger partial charge >= 0.3 is 0 Å². The van der Waals surface area contributed by atoms with Gasteiger partial charge in [-0.25, -0.2) is 9.82 Å². The van der Waals surface area contributed by atoms with Crippen LogP contribution < -0.4 is 14.9 Å². The van der Waals surface area contributed by atoms with Crippen LogP contribution >= 0.6 is 35.0 Å². The number of nitrogens with zero attached hydrogens (tertiary/aromatic N) is 3. The molecule has 0 aliphatic rings. The molecule has 0 bridgehead atoms. The van der Waals surface area contributed by atoms with Crippen molar-refractivity contribution in [1.82, 2.24) is 15.6 Å². The number of hydrogen-bond acceptors (Lipinski definition) is 8. The zero-order valence-corrected chi connectivity index (χ0v) is 21.4. The van der Waals surface area contributed by atoms with E-state index in [-0.39, 0.29) is 35.2 Å². The Morgan fingerprint density at radius 1 is 1.03 bits per heavy atom. The minimum absolute atomic E-state index is 0.0153. The molecule has 0 unspecified atom stereocenters. The first-order chi connectivity index (χ1) is 17.9. The van der Waals surface area contributed by atoms with E-state index in [0.29, 0.717) is 28.2 Å². The molecule has 4 aromatic rings. The van der Waals surface area contributed by atoms with E-state index in [2.05, 4.69) is 20.7 Å². The molecule has 1 aromatic heterocycles. The number of halogens is 3. The standard InChI is InChI=1S/C25H19Cl2FN4O4S/c26-18-5-10-22(21(27)11-18)35-14-24-31-32-25(36-24)37-15-23(33)30-29-12-16-3-8-20(9-4-16)34-13-17-1-6-19(28)7-2-17/h1-12H,13-15H2,(H,30,33)/b29-12-. The number of carbonyl (C=O) groups excluding carboxylic acids is 1. The lowest BCUT2D eigenvalue weighted by Gasteiger charge is -2.06. The first kappa shape index (κ1) is 26.5. The third-order valence-corrected chi connectivity index (χ3v) is 5.97. The Kier molecular flexibility index (Phi) is 9.36. The van der Waals surface area contributed by atoms with Gasteiger partial charge in [-0.1, -0.05) is 47.1 Å². The van der Waals surface area contributed by atoms with E-state index in [0.717, 1.165) is 22.9 Å². The number of carbonyl (C=O) groups is 1. The fourth-order valence-electron chi connectivity index (χ4n) is 2.82. The molecule has 4 rings (SSSR count). The zero-order chi connectivity index (χ0) is 26.0. The predicted molar refractivity (Wildman–Crippen MR) is 139 cm³/mol. The summed E-state index contributed by atoms with van der Waals surface area (Å²) in [4.78, 5) is 12.1. The lowest BCUT2D eigenvalue weighted by Crippen LogP contribution is -2.19. The van der Waals surface area contributed by atoms with Crippen molar-refractivity contribution in [2.24, 2.45) is 5.10 Å². The normalized spacial score (nSPS) is 11.0. The number of benzene rings is 3. The number of hydrogen-bond donors (Lipinski definition) is 1. The van der Waals surface area contributed by atoms with Gasteiger partial charge in [-0.15, -0.1) is 10.2 Å². The van der Waals surface area contributed by atoms with Crippen molar-refractivity contribution in [2.75, 3.05) is 5.75 Å². The van der Waals surface area contributed by atoms with Crippen LogP contribution in [-0.2, 0) is 18.0 Å². The predicted octanol–water partition coefficient (Wildman–Crippen LogP) is 5.92. The van der Waals surface area contributed by atoms with Crippen LogP contribution in [0.25, 0.3) is 0 Å². The van der Waals surface area contributed by atoms with Gasteiger partial charge in [0.1, 0.15) is 23.9 Å². The summed E-state index contributed by atoms with van der Waals surface area (Å²) < 4.78 is 29.6. The second kappa shape index (κ2) is 13.1. The maximum atomic E-state index is 13.0. The van der Waals surface area contributed by atoms with E-state index in [1.165, 1.54) is 18.3 Å². The van der Waals surface area contributed by atoms with Crippen molar-refractivity contribution in [3.63, 3.8) is 0 Å². The highest BCUT2D eigenvalue weighted by atomic mass is 35.5. The molecule has 0 saturated heterocycles. The van der Waals surface area contributed by atoms with Gasteiger partial charge in [0.2, 0.25) is 0 Å². The molecule has 190 valence electrons. The SMILES string of the molecule is O=C(CSc1nnc(COc2ccc(Cl)cc2Cl)o1)N/N=C\c1ccc(OCc2ccc(F)cc2)cc1. The van der Waals surface area contributed by atoms with Crippen LogP contribution in [0.4, 0.5) is 4.39 Å². The number of thioether (sulfide) groups is 1. The van der Waals surface area contributed by atoms with Gasteiger partial charge in [-0.2, -0.15) is 5.10 Å². The molecule has 1 N–H and O–H groups in total. The first-order valence-corrected chi connectivity index (χ1v) is 12.5.